The number of nitrogens with one attached hydrogen (secondary N) is 1. The molecule has 0 spiro atoms. The second-order valence-corrected chi connectivity index (χ2v) is 5.33. The Morgan fingerprint density at radius 1 is 1.22 bits per heavy atom. The summed E-state index contributed by atoms with van der Waals surface area (Å²) in [6.07, 6.45) is 2.73. The van der Waals surface area contributed by atoms with E-state index in [9.17, 15) is 0 Å². The number of hydrogen-bond acceptors (Lipinski definition) is 2. The van der Waals surface area contributed by atoms with Gasteiger partial charge < -0.3 is 9.73 Å². The smallest absolute Gasteiger partial charge is 0.120 e. The number of benzene rings is 1. The molecule has 0 aliphatic heterocycles. The van der Waals surface area contributed by atoms with Gasteiger partial charge in [0, 0.05) is 10.5 Å². The van der Waals surface area contributed by atoms with Gasteiger partial charge in [-0.2, -0.15) is 0 Å². The monoisotopic (exact) mass is 307 g/mol. The standard InChI is InChI=1S/C15H18BrNO/c1-3-14(15-5-4-10-18-15)17-11(2)12-6-8-13(16)9-7-12/h4-11,14,17H,3H2,1-2H3/t11-,14?/m0/s1. The van der Waals surface area contributed by atoms with Crippen LogP contribution >= 0.6 is 15.9 Å². The molecule has 0 aliphatic rings. The average Bonchev–Trinajstić information content (AvgIpc) is 2.90. The Balaban J connectivity index is 2.05. The van der Waals surface area contributed by atoms with E-state index in [1.807, 2.05) is 12.1 Å². The molecule has 0 aliphatic carbocycles. The molecule has 0 fully saturated rings. The molecule has 0 bridgehead atoms. The largest absolute Gasteiger partial charge is 0.468 e. The summed E-state index contributed by atoms with van der Waals surface area (Å²) in [4.78, 5) is 0. The Bertz CT molecular complexity index is 464. The molecular formula is C15H18BrNO. The highest BCUT2D eigenvalue weighted by molar-refractivity contribution is 9.10. The number of rotatable bonds is 5. The summed E-state index contributed by atoms with van der Waals surface area (Å²) in [5, 5.41) is 3.60. The minimum absolute atomic E-state index is 0.263. The van der Waals surface area contributed by atoms with Crippen molar-refractivity contribution in [3.8, 4) is 0 Å². The van der Waals surface area contributed by atoms with Crippen LogP contribution in [0.2, 0.25) is 0 Å². The quantitative estimate of drug-likeness (QED) is 0.854. The van der Waals surface area contributed by atoms with E-state index in [1.165, 1.54) is 5.56 Å². The summed E-state index contributed by atoms with van der Waals surface area (Å²) in [6.45, 7) is 4.34. The Hall–Kier alpha value is -1.06. The van der Waals surface area contributed by atoms with Crippen molar-refractivity contribution < 1.29 is 4.42 Å². The van der Waals surface area contributed by atoms with E-state index >= 15 is 0 Å². The molecule has 96 valence electrons. The number of furan rings is 1. The highest BCUT2D eigenvalue weighted by Crippen LogP contribution is 2.23. The summed E-state index contributed by atoms with van der Waals surface area (Å²) < 4.78 is 6.58. The maximum absolute atomic E-state index is 5.47. The van der Waals surface area contributed by atoms with E-state index in [4.69, 9.17) is 4.42 Å². The van der Waals surface area contributed by atoms with Crippen molar-refractivity contribution in [1.82, 2.24) is 5.32 Å². The van der Waals surface area contributed by atoms with Gasteiger partial charge in [0.15, 0.2) is 0 Å². The normalized spacial score (nSPS) is 14.4. The third-order valence-corrected chi connectivity index (χ3v) is 3.64. The Kier molecular flexibility index (Phi) is 4.61. The van der Waals surface area contributed by atoms with Gasteiger partial charge in [0.2, 0.25) is 0 Å². The van der Waals surface area contributed by atoms with Crippen LogP contribution in [0.15, 0.2) is 51.6 Å². The summed E-state index contributed by atoms with van der Waals surface area (Å²) in [6, 6.07) is 12.9. The van der Waals surface area contributed by atoms with Crippen LogP contribution in [0.25, 0.3) is 0 Å². The van der Waals surface area contributed by atoms with Gasteiger partial charge in [-0.25, -0.2) is 0 Å². The fourth-order valence-corrected chi connectivity index (χ4v) is 2.30. The number of hydrogen-bond donors (Lipinski definition) is 1. The lowest BCUT2D eigenvalue weighted by Gasteiger charge is -2.21. The van der Waals surface area contributed by atoms with Gasteiger partial charge in [0.25, 0.3) is 0 Å². The third-order valence-electron chi connectivity index (χ3n) is 3.12. The van der Waals surface area contributed by atoms with Gasteiger partial charge in [0.05, 0.1) is 12.3 Å². The van der Waals surface area contributed by atoms with Crippen molar-refractivity contribution in [1.29, 1.82) is 0 Å². The van der Waals surface area contributed by atoms with Crippen molar-refractivity contribution in [2.75, 3.05) is 0 Å². The van der Waals surface area contributed by atoms with Crippen LogP contribution in [-0.4, -0.2) is 0 Å². The fraction of sp³-hybridized carbons (Fsp3) is 0.333. The molecule has 1 aromatic carbocycles. The molecule has 1 unspecified atom stereocenters. The van der Waals surface area contributed by atoms with Crippen LogP contribution in [0.4, 0.5) is 0 Å². The first kappa shape index (κ1) is 13.4. The van der Waals surface area contributed by atoms with E-state index in [0.29, 0.717) is 6.04 Å². The summed E-state index contributed by atoms with van der Waals surface area (Å²) in [5.74, 6) is 1.00. The van der Waals surface area contributed by atoms with Gasteiger partial charge >= 0.3 is 0 Å². The molecule has 18 heavy (non-hydrogen) atoms. The van der Waals surface area contributed by atoms with Crippen LogP contribution in [0.1, 0.15) is 43.7 Å². The topological polar surface area (TPSA) is 25.2 Å². The molecule has 2 rings (SSSR count). The van der Waals surface area contributed by atoms with Crippen LogP contribution in [-0.2, 0) is 0 Å². The van der Waals surface area contributed by atoms with E-state index in [0.717, 1.165) is 16.7 Å². The zero-order valence-corrected chi connectivity index (χ0v) is 12.3. The van der Waals surface area contributed by atoms with Crippen LogP contribution in [0.5, 0.6) is 0 Å². The average molecular weight is 308 g/mol. The van der Waals surface area contributed by atoms with E-state index in [2.05, 4.69) is 59.4 Å². The molecule has 2 aromatic rings. The Labute approximate surface area is 117 Å². The maximum atomic E-state index is 5.47. The van der Waals surface area contributed by atoms with Gasteiger partial charge in [-0.15, -0.1) is 0 Å². The minimum atomic E-state index is 0.263. The highest BCUT2D eigenvalue weighted by atomic mass is 79.9. The maximum Gasteiger partial charge on any atom is 0.120 e. The lowest BCUT2D eigenvalue weighted by atomic mass is 10.1. The summed E-state index contributed by atoms with van der Waals surface area (Å²) >= 11 is 3.46. The lowest BCUT2D eigenvalue weighted by molar-refractivity contribution is 0.376. The van der Waals surface area contributed by atoms with E-state index in [-0.39, 0.29) is 6.04 Å². The molecule has 0 radical (unpaired) electrons. The molecule has 0 amide bonds. The second-order valence-electron chi connectivity index (χ2n) is 4.42. The first-order valence-corrected chi connectivity index (χ1v) is 7.05. The summed E-state index contributed by atoms with van der Waals surface area (Å²) in [5.41, 5.74) is 1.28. The molecule has 3 heteroatoms. The zero-order chi connectivity index (χ0) is 13.0. The van der Waals surface area contributed by atoms with Crippen molar-refractivity contribution in [3.63, 3.8) is 0 Å². The first-order valence-electron chi connectivity index (χ1n) is 6.25. The van der Waals surface area contributed by atoms with Crippen molar-refractivity contribution >= 4 is 15.9 Å². The molecular weight excluding hydrogens is 290 g/mol. The highest BCUT2D eigenvalue weighted by Gasteiger charge is 2.15. The fourth-order valence-electron chi connectivity index (χ4n) is 2.04. The molecule has 0 saturated carbocycles. The van der Waals surface area contributed by atoms with Crippen LogP contribution in [0, 0.1) is 0 Å². The van der Waals surface area contributed by atoms with Gasteiger partial charge in [-0.1, -0.05) is 35.0 Å². The Morgan fingerprint density at radius 2 is 1.94 bits per heavy atom. The minimum Gasteiger partial charge on any atom is -0.468 e. The van der Waals surface area contributed by atoms with Crippen molar-refractivity contribution in [2.45, 2.75) is 32.4 Å². The van der Waals surface area contributed by atoms with E-state index < -0.39 is 0 Å². The third kappa shape index (κ3) is 3.24. The molecule has 1 heterocycles. The molecule has 2 nitrogen and oxygen atoms in total. The molecule has 1 N–H and O–H groups in total. The zero-order valence-electron chi connectivity index (χ0n) is 10.7. The van der Waals surface area contributed by atoms with Gasteiger partial charge in [-0.05, 0) is 43.2 Å². The van der Waals surface area contributed by atoms with Crippen molar-refractivity contribution in [2.24, 2.45) is 0 Å². The Morgan fingerprint density at radius 3 is 2.50 bits per heavy atom. The van der Waals surface area contributed by atoms with Crippen molar-refractivity contribution in [3.05, 3.63) is 58.5 Å². The second kappa shape index (κ2) is 6.21. The SMILES string of the molecule is CCC(N[C@@H](C)c1ccc(Br)cc1)c1ccco1. The molecule has 1 aromatic heterocycles. The van der Waals surface area contributed by atoms with E-state index in [1.54, 1.807) is 6.26 Å². The number of halogens is 1. The molecule has 0 saturated heterocycles. The van der Waals surface area contributed by atoms with Crippen LogP contribution in [0.3, 0.4) is 0 Å². The predicted molar refractivity (Wildman–Crippen MR) is 77.4 cm³/mol. The predicted octanol–water partition coefficient (Wildman–Crippen LogP) is 4.84. The summed E-state index contributed by atoms with van der Waals surface area (Å²) in [7, 11) is 0. The van der Waals surface area contributed by atoms with Crippen LogP contribution < -0.4 is 5.32 Å². The first-order chi connectivity index (χ1) is 8.70. The van der Waals surface area contributed by atoms with Gasteiger partial charge in [0.1, 0.15) is 5.76 Å². The lowest BCUT2D eigenvalue weighted by Crippen LogP contribution is -2.23. The van der Waals surface area contributed by atoms with Gasteiger partial charge in [-0.3, -0.25) is 0 Å². The molecule has 2 atom stereocenters.